The number of hydrogen-bond acceptors (Lipinski definition) is 4. The fourth-order valence-electron chi connectivity index (χ4n) is 2.42. The fraction of sp³-hybridized carbons (Fsp3) is 0.682. The number of hydrogen-bond donors (Lipinski definition) is 0. The molecule has 4 nitrogen and oxygen atoms in total. The Balaban J connectivity index is 2.60. The topological polar surface area (TPSA) is 44.8 Å². The van der Waals surface area contributed by atoms with Crippen LogP contribution >= 0.6 is 0 Å². The summed E-state index contributed by atoms with van der Waals surface area (Å²) < 4.78 is 17.3. The average Bonchev–Trinajstić information content (AvgIpc) is 2.59. The molecule has 0 heterocycles. The van der Waals surface area contributed by atoms with Crippen LogP contribution in [0.25, 0.3) is 0 Å². The maximum absolute atomic E-state index is 11.9. The van der Waals surface area contributed by atoms with E-state index in [4.69, 9.17) is 13.9 Å². The minimum absolute atomic E-state index is 0.114. The molecular weight excluding hydrogens is 356 g/mol. The molecule has 0 fully saturated rings. The second-order valence-electron chi connectivity index (χ2n) is 8.67. The maximum Gasteiger partial charge on any atom is 0.306 e. The molecule has 0 unspecified atom stereocenters. The smallest absolute Gasteiger partial charge is 0.306 e. The quantitative estimate of drug-likeness (QED) is 0.245. The second-order valence-corrected chi connectivity index (χ2v) is 13.4. The van der Waals surface area contributed by atoms with Crippen LogP contribution in [0.2, 0.25) is 18.1 Å². The van der Waals surface area contributed by atoms with Crippen molar-refractivity contribution in [2.75, 3.05) is 7.11 Å². The number of rotatable bonds is 11. The molecule has 0 atom stereocenters. The van der Waals surface area contributed by atoms with Crippen molar-refractivity contribution < 1.29 is 18.7 Å². The van der Waals surface area contributed by atoms with Crippen molar-refractivity contribution in [2.45, 2.75) is 91.0 Å². The molecule has 0 saturated heterocycles. The summed E-state index contributed by atoms with van der Waals surface area (Å²) in [6, 6.07) is 5.77. The Morgan fingerprint density at radius 3 is 2.30 bits per heavy atom. The maximum atomic E-state index is 11.9. The predicted molar refractivity (Wildman–Crippen MR) is 114 cm³/mol. The van der Waals surface area contributed by atoms with Crippen molar-refractivity contribution in [3.05, 3.63) is 23.8 Å². The van der Waals surface area contributed by atoms with Gasteiger partial charge in [0.25, 0.3) is 8.32 Å². The lowest BCUT2D eigenvalue weighted by atomic mass is 10.1. The van der Waals surface area contributed by atoms with Crippen molar-refractivity contribution in [1.82, 2.24) is 0 Å². The zero-order valence-electron chi connectivity index (χ0n) is 18.3. The van der Waals surface area contributed by atoms with Gasteiger partial charge in [-0.2, -0.15) is 0 Å². The van der Waals surface area contributed by atoms with Gasteiger partial charge in [0.2, 0.25) is 0 Å². The highest BCUT2D eigenvalue weighted by Gasteiger charge is 2.39. The van der Waals surface area contributed by atoms with Crippen LogP contribution in [0.5, 0.6) is 11.5 Å². The molecule has 27 heavy (non-hydrogen) atoms. The molecule has 0 aliphatic heterocycles. The molecule has 0 spiro atoms. The zero-order chi connectivity index (χ0) is 20.5. The number of carbonyl (C=O) groups excluding carboxylic acids is 1. The molecule has 0 radical (unpaired) electrons. The summed E-state index contributed by atoms with van der Waals surface area (Å²) >= 11 is 0. The fourth-order valence-corrected chi connectivity index (χ4v) is 3.45. The van der Waals surface area contributed by atoms with E-state index in [1.807, 2.05) is 18.2 Å². The average molecular weight is 395 g/mol. The standard InChI is InChI=1S/C22H38O4Si/c1-8-9-10-11-12-13-21(23)25-17-18-14-15-19(20(16-18)24-5)26-27(6,7)22(2,3)4/h14-16H,8-13,17H2,1-7H3. The van der Waals surface area contributed by atoms with Gasteiger partial charge in [-0.05, 0) is 42.2 Å². The highest BCUT2D eigenvalue weighted by molar-refractivity contribution is 6.74. The number of methoxy groups -OCH3 is 1. The molecule has 0 N–H and O–H groups in total. The first kappa shape index (κ1) is 23.5. The van der Waals surface area contributed by atoms with Crippen LogP contribution < -0.4 is 9.16 Å². The minimum Gasteiger partial charge on any atom is -0.541 e. The van der Waals surface area contributed by atoms with Crippen molar-refractivity contribution in [3.63, 3.8) is 0 Å². The molecule has 0 bridgehead atoms. The molecule has 0 amide bonds. The normalized spacial score (nSPS) is 12.0. The summed E-state index contributed by atoms with van der Waals surface area (Å²) in [6.45, 7) is 13.5. The molecule has 0 aliphatic rings. The van der Waals surface area contributed by atoms with E-state index in [9.17, 15) is 4.79 Å². The Hall–Kier alpha value is -1.49. The van der Waals surface area contributed by atoms with Gasteiger partial charge >= 0.3 is 5.97 Å². The van der Waals surface area contributed by atoms with Crippen LogP contribution in [-0.4, -0.2) is 21.4 Å². The zero-order valence-corrected chi connectivity index (χ0v) is 19.3. The number of esters is 1. The SMILES string of the molecule is CCCCCCCC(=O)OCc1ccc(O[Si](C)(C)C(C)(C)C)c(OC)c1. The van der Waals surface area contributed by atoms with Gasteiger partial charge in [-0.15, -0.1) is 0 Å². The Morgan fingerprint density at radius 2 is 1.70 bits per heavy atom. The third-order valence-corrected chi connectivity index (χ3v) is 9.63. The first-order valence-corrected chi connectivity index (χ1v) is 13.0. The van der Waals surface area contributed by atoms with E-state index in [1.165, 1.54) is 19.3 Å². The Kier molecular flexibility index (Phi) is 9.37. The van der Waals surface area contributed by atoms with Gasteiger partial charge < -0.3 is 13.9 Å². The molecular formula is C22H38O4Si. The summed E-state index contributed by atoms with van der Waals surface area (Å²) in [7, 11) is -0.299. The number of carbonyl (C=O) groups is 1. The molecule has 1 rings (SSSR count). The molecule has 1 aromatic rings. The van der Waals surface area contributed by atoms with Crippen molar-refractivity contribution in [1.29, 1.82) is 0 Å². The summed E-state index contributed by atoms with van der Waals surface area (Å²) in [5.41, 5.74) is 0.911. The van der Waals surface area contributed by atoms with E-state index in [2.05, 4.69) is 40.8 Å². The molecule has 154 valence electrons. The lowest BCUT2D eigenvalue weighted by molar-refractivity contribution is -0.145. The van der Waals surface area contributed by atoms with Crippen LogP contribution in [-0.2, 0) is 16.1 Å². The molecule has 5 heteroatoms. The van der Waals surface area contributed by atoms with Crippen LogP contribution in [0, 0.1) is 0 Å². The van der Waals surface area contributed by atoms with Crippen LogP contribution in [0.15, 0.2) is 18.2 Å². The first-order chi connectivity index (χ1) is 12.6. The van der Waals surface area contributed by atoms with E-state index in [0.717, 1.165) is 24.2 Å². The summed E-state index contributed by atoms with van der Waals surface area (Å²) in [4.78, 5) is 11.9. The van der Waals surface area contributed by atoms with Gasteiger partial charge in [-0.1, -0.05) is 59.4 Å². The predicted octanol–water partition coefficient (Wildman–Crippen LogP) is 6.48. The van der Waals surface area contributed by atoms with Crippen molar-refractivity contribution in [3.8, 4) is 11.5 Å². The van der Waals surface area contributed by atoms with Crippen molar-refractivity contribution in [2.24, 2.45) is 0 Å². The molecule has 0 aromatic heterocycles. The van der Waals surface area contributed by atoms with Gasteiger partial charge in [0, 0.05) is 6.42 Å². The minimum atomic E-state index is -1.94. The summed E-state index contributed by atoms with van der Waals surface area (Å²) in [5.74, 6) is 1.31. The van der Waals surface area contributed by atoms with Gasteiger partial charge in [-0.3, -0.25) is 4.79 Å². The number of ether oxygens (including phenoxy) is 2. The largest absolute Gasteiger partial charge is 0.541 e. The summed E-state index contributed by atoms with van der Waals surface area (Å²) in [6.07, 6.45) is 6.13. The van der Waals surface area contributed by atoms with Crippen LogP contribution in [0.3, 0.4) is 0 Å². The Morgan fingerprint density at radius 1 is 1.04 bits per heavy atom. The summed E-state index contributed by atoms with van der Waals surface area (Å²) in [5, 5.41) is 0.114. The highest BCUT2D eigenvalue weighted by Crippen LogP contribution is 2.40. The van der Waals surface area contributed by atoms with Crippen LogP contribution in [0.4, 0.5) is 0 Å². The lowest BCUT2D eigenvalue weighted by Gasteiger charge is -2.36. The van der Waals surface area contributed by atoms with Gasteiger partial charge in [0.15, 0.2) is 5.75 Å². The van der Waals surface area contributed by atoms with E-state index in [0.29, 0.717) is 12.2 Å². The monoisotopic (exact) mass is 394 g/mol. The third-order valence-electron chi connectivity index (χ3n) is 5.28. The van der Waals surface area contributed by atoms with E-state index in [-0.39, 0.29) is 17.6 Å². The van der Waals surface area contributed by atoms with E-state index in [1.54, 1.807) is 7.11 Å². The molecule has 0 saturated carbocycles. The molecule has 1 aromatic carbocycles. The first-order valence-electron chi connectivity index (χ1n) is 10.1. The Bertz CT molecular complexity index is 590. The number of benzene rings is 1. The lowest BCUT2D eigenvalue weighted by Crippen LogP contribution is -2.43. The van der Waals surface area contributed by atoms with Gasteiger partial charge in [-0.25, -0.2) is 0 Å². The van der Waals surface area contributed by atoms with Crippen LogP contribution in [0.1, 0.15) is 71.8 Å². The highest BCUT2D eigenvalue weighted by atomic mass is 28.4. The van der Waals surface area contributed by atoms with E-state index < -0.39 is 8.32 Å². The third kappa shape index (κ3) is 7.95. The Labute approximate surface area is 166 Å². The van der Waals surface area contributed by atoms with Gasteiger partial charge in [0.05, 0.1) is 7.11 Å². The van der Waals surface area contributed by atoms with Gasteiger partial charge in [0.1, 0.15) is 12.4 Å². The number of unbranched alkanes of at least 4 members (excludes halogenated alkanes) is 4. The molecule has 0 aliphatic carbocycles. The second kappa shape index (κ2) is 10.7. The van der Waals surface area contributed by atoms with E-state index >= 15 is 0 Å². The van der Waals surface area contributed by atoms with Crippen molar-refractivity contribution >= 4 is 14.3 Å².